The molecule has 0 aliphatic carbocycles. The van der Waals surface area contributed by atoms with Gasteiger partial charge in [-0.15, -0.1) is 0 Å². The van der Waals surface area contributed by atoms with Crippen molar-refractivity contribution in [3.63, 3.8) is 0 Å². The van der Waals surface area contributed by atoms with E-state index in [2.05, 4.69) is 83.6 Å². The van der Waals surface area contributed by atoms with Crippen LogP contribution in [-0.4, -0.2) is 6.54 Å². The van der Waals surface area contributed by atoms with Crippen molar-refractivity contribution in [2.24, 2.45) is 0 Å². The van der Waals surface area contributed by atoms with Gasteiger partial charge in [0.2, 0.25) is 0 Å². The normalized spacial score (nSPS) is 12.3. The predicted octanol–water partition coefficient (Wildman–Crippen LogP) is 5.04. The summed E-state index contributed by atoms with van der Waals surface area (Å²) in [6.07, 6.45) is 2.18. The van der Waals surface area contributed by atoms with Gasteiger partial charge >= 0.3 is 0 Å². The van der Waals surface area contributed by atoms with E-state index in [-0.39, 0.29) is 0 Å². The van der Waals surface area contributed by atoms with Crippen LogP contribution in [0.3, 0.4) is 0 Å². The fraction of sp³-hybridized carbons (Fsp3) is 0.333. The highest BCUT2D eigenvalue weighted by molar-refractivity contribution is 9.10. The van der Waals surface area contributed by atoms with E-state index in [0.717, 1.165) is 23.9 Å². The Morgan fingerprint density at radius 3 is 2.50 bits per heavy atom. The summed E-state index contributed by atoms with van der Waals surface area (Å²) in [5.74, 6) is 0. The van der Waals surface area contributed by atoms with E-state index in [4.69, 9.17) is 0 Å². The van der Waals surface area contributed by atoms with Crippen molar-refractivity contribution in [1.82, 2.24) is 5.32 Å². The molecule has 0 aliphatic rings. The fourth-order valence-electron chi connectivity index (χ4n) is 2.31. The van der Waals surface area contributed by atoms with Crippen LogP contribution in [0.2, 0.25) is 0 Å². The van der Waals surface area contributed by atoms with Gasteiger partial charge in [0.1, 0.15) is 0 Å². The molecule has 0 saturated heterocycles. The van der Waals surface area contributed by atoms with Crippen molar-refractivity contribution in [3.05, 3.63) is 69.7 Å². The monoisotopic (exact) mass is 331 g/mol. The van der Waals surface area contributed by atoms with Gasteiger partial charge in [0.25, 0.3) is 0 Å². The van der Waals surface area contributed by atoms with Gasteiger partial charge in [0, 0.05) is 10.5 Å². The molecule has 2 aromatic rings. The van der Waals surface area contributed by atoms with Gasteiger partial charge in [-0.1, -0.05) is 64.8 Å². The maximum atomic E-state index is 3.66. The minimum Gasteiger partial charge on any atom is -0.310 e. The van der Waals surface area contributed by atoms with Crippen LogP contribution in [0.4, 0.5) is 0 Å². The number of aryl methyl sites for hydroxylation is 1. The first-order valence-corrected chi connectivity index (χ1v) is 8.02. The van der Waals surface area contributed by atoms with E-state index < -0.39 is 0 Å². The zero-order chi connectivity index (χ0) is 14.4. The molecule has 0 amide bonds. The maximum Gasteiger partial charge on any atom is 0.0361 e. The lowest BCUT2D eigenvalue weighted by Crippen LogP contribution is -2.24. The third kappa shape index (κ3) is 4.46. The van der Waals surface area contributed by atoms with Crippen LogP contribution >= 0.6 is 15.9 Å². The van der Waals surface area contributed by atoms with Gasteiger partial charge in [-0.2, -0.15) is 0 Å². The van der Waals surface area contributed by atoms with Crippen molar-refractivity contribution >= 4 is 15.9 Å². The molecule has 0 spiro atoms. The van der Waals surface area contributed by atoms with E-state index >= 15 is 0 Å². The molecule has 0 aliphatic heterocycles. The van der Waals surface area contributed by atoms with Gasteiger partial charge in [-0.25, -0.2) is 0 Å². The molecule has 1 N–H and O–H groups in total. The SMILES string of the molecule is CCCNC(Cc1ccc(C)cc1)c1cccc(Br)c1. The summed E-state index contributed by atoms with van der Waals surface area (Å²) < 4.78 is 1.14. The molecule has 20 heavy (non-hydrogen) atoms. The molecular weight excluding hydrogens is 310 g/mol. The summed E-state index contributed by atoms with van der Waals surface area (Å²) in [4.78, 5) is 0. The van der Waals surface area contributed by atoms with Crippen molar-refractivity contribution in [2.45, 2.75) is 32.7 Å². The van der Waals surface area contributed by atoms with Crippen LogP contribution in [0.25, 0.3) is 0 Å². The second kappa shape index (κ2) is 7.61. The molecule has 1 nitrogen and oxygen atoms in total. The molecular formula is C18H22BrN. The molecule has 106 valence electrons. The Kier molecular flexibility index (Phi) is 5.81. The number of benzene rings is 2. The summed E-state index contributed by atoms with van der Waals surface area (Å²) in [7, 11) is 0. The van der Waals surface area contributed by atoms with Gasteiger partial charge < -0.3 is 5.32 Å². The fourth-order valence-corrected chi connectivity index (χ4v) is 2.73. The highest BCUT2D eigenvalue weighted by Gasteiger charge is 2.11. The highest BCUT2D eigenvalue weighted by atomic mass is 79.9. The zero-order valence-corrected chi connectivity index (χ0v) is 13.8. The summed E-state index contributed by atoms with van der Waals surface area (Å²) in [6, 6.07) is 17.8. The lowest BCUT2D eigenvalue weighted by Gasteiger charge is -2.19. The van der Waals surface area contributed by atoms with Crippen molar-refractivity contribution in [2.75, 3.05) is 6.54 Å². The molecule has 2 rings (SSSR count). The molecule has 0 bridgehead atoms. The number of rotatable bonds is 6. The Bertz CT molecular complexity index is 533. The average molecular weight is 332 g/mol. The quantitative estimate of drug-likeness (QED) is 0.781. The van der Waals surface area contributed by atoms with Gasteiger partial charge in [-0.05, 0) is 49.6 Å². The number of halogens is 1. The summed E-state index contributed by atoms with van der Waals surface area (Å²) in [6.45, 7) is 5.38. The largest absolute Gasteiger partial charge is 0.310 e. The minimum absolute atomic E-state index is 0.371. The highest BCUT2D eigenvalue weighted by Crippen LogP contribution is 2.22. The second-order valence-electron chi connectivity index (χ2n) is 5.25. The first-order chi connectivity index (χ1) is 9.69. The van der Waals surface area contributed by atoms with Crippen LogP contribution in [0.15, 0.2) is 53.0 Å². The number of nitrogens with one attached hydrogen (secondary N) is 1. The topological polar surface area (TPSA) is 12.0 Å². The van der Waals surface area contributed by atoms with E-state index in [1.165, 1.54) is 16.7 Å². The third-order valence-electron chi connectivity index (χ3n) is 3.45. The van der Waals surface area contributed by atoms with Crippen LogP contribution in [0, 0.1) is 6.92 Å². The molecule has 0 heterocycles. The smallest absolute Gasteiger partial charge is 0.0361 e. The Morgan fingerprint density at radius 1 is 1.10 bits per heavy atom. The Morgan fingerprint density at radius 2 is 1.85 bits per heavy atom. The standard InChI is InChI=1S/C18H22BrN/c1-3-11-20-18(16-5-4-6-17(19)13-16)12-15-9-7-14(2)8-10-15/h4-10,13,18,20H,3,11-12H2,1-2H3. The first-order valence-electron chi connectivity index (χ1n) is 7.23. The van der Waals surface area contributed by atoms with Crippen molar-refractivity contribution in [1.29, 1.82) is 0 Å². The van der Waals surface area contributed by atoms with Crippen molar-refractivity contribution in [3.8, 4) is 0 Å². The summed E-state index contributed by atoms with van der Waals surface area (Å²) >= 11 is 3.57. The number of hydrogen-bond donors (Lipinski definition) is 1. The summed E-state index contributed by atoms with van der Waals surface area (Å²) in [5, 5.41) is 3.66. The molecule has 0 aromatic heterocycles. The molecule has 2 aromatic carbocycles. The minimum atomic E-state index is 0.371. The first kappa shape index (κ1) is 15.3. The molecule has 0 fully saturated rings. The Balaban J connectivity index is 2.16. The molecule has 1 atom stereocenters. The van der Waals surface area contributed by atoms with Gasteiger partial charge in [0.15, 0.2) is 0 Å². The summed E-state index contributed by atoms with van der Waals surface area (Å²) in [5.41, 5.74) is 4.03. The van der Waals surface area contributed by atoms with Crippen LogP contribution in [0.1, 0.15) is 36.1 Å². The van der Waals surface area contributed by atoms with Crippen LogP contribution in [0.5, 0.6) is 0 Å². The van der Waals surface area contributed by atoms with E-state index in [9.17, 15) is 0 Å². The Hall–Kier alpha value is -1.12. The van der Waals surface area contributed by atoms with E-state index in [1.807, 2.05) is 0 Å². The molecule has 0 radical (unpaired) electrons. The second-order valence-corrected chi connectivity index (χ2v) is 6.17. The molecule has 0 saturated carbocycles. The third-order valence-corrected chi connectivity index (χ3v) is 3.95. The molecule has 2 heteroatoms. The number of hydrogen-bond acceptors (Lipinski definition) is 1. The van der Waals surface area contributed by atoms with E-state index in [1.54, 1.807) is 0 Å². The van der Waals surface area contributed by atoms with Crippen LogP contribution < -0.4 is 5.32 Å². The van der Waals surface area contributed by atoms with Gasteiger partial charge in [0.05, 0.1) is 0 Å². The molecule has 1 unspecified atom stereocenters. The lowest BCUT2D eigenvalue weighted by molar-refractivity contribution is 0.529. The van der Waals surface area contributed by atoms with Gasteiger partial charge in [-0.3, -0.25) is 0 Å². The maximum absolute atomic E-state index is 3.66. The Labute approximate surface area is 130 Å². The van der Waals surface area contributed by atoms with Crippen molar-refractivity contribution < 1.29 is 0 Å². The van der Waals surface area contributed by atoms with E-state index in [0.29, 0.717) is 6.04 Å². The lowest BCUT2D eigenvalue weighted by atomic mass is 9.98. The van der Waals surface area contributed by atoms with Crippen LogP contribution in [-0.2, 0) is 6.42 Å². The predicted molar refractivity (Wildman–Crippen MR) is 90.1 cm³/mol. The average Bonchev–Trinajstić information content (AvgIpc) is 2.45. The zero-order valence-electron chi connectivity index (χ0n) is 12.2.